The quantitative estimate of drug-likeness (QED) is 0.870. The van der Waals surface area contributed by atoms with Crippen molar-refractivity contribution < 1.29 is 9.18 Å². The van der Waals surface area contributed by atoms with E-state index in [1.807, 2.05) is 24.3 Å². The van der Waals surface area contributed by atoms with Gasteiger partial charge in [0.15, 0.2) is 0 Å². The molecule has 1 heterocycles. The molecule has 1 saturated carbocycles. The fraction of sp³-hybridized carbons (Fsp3) is 0.500. The Kier molecular flexibility index (Phi) is 3.89. The molecule has 0 bridgehead atoms. The van der Waals surface area contributed by atoms with Crippen LogP contribution < -0.4 is 5.32 Å². The van der Waals surface area contributed by atoms with Crippen LogP contribution in [0.3, 0.4) is 0 Å². The molecule has 1 aliphatic carbocycles. The highest BCUT2D eigenvalue weighted by atomic mass is 35.5. The molecule has 1 aliphatic heterocycles. The Bertz CT molecular complexity index is 528. The van der Waals surface area contributed by atoms with E-state index in [-0.39, 0.29) is 30.8 Å². The van der Waals surface area contributed by atoms with Gasteiger partial charge in [-0.3, -0.25) is 4.79 Å². The number of hydrogen-bond donors (Lipinski definition) is 1. The molecule has 1 N–H and O–H groups in total. The monoisotopic (exact) mass is 316 g/mol. The van der Waals surface area contributed by atoms with Gasteiger partial charge in [-0.2, -0.15) is 0 Å². The lowest BCUT2D eigenvalue weighted by Crippen LogP contribution is -2.40. The van der Waals surface area contributed by atoms with Crippen molar-refractivity contribution in [2.24, 2.45) is 0 Å². The molecule has 2 fully saturated rings. The minimum atomic E-state index is -0.965. The molecule has 3 nitrogen and oxygen atoms in total. The molecule has 20 heavy (non-hydrogen) atoms. The molecule has 0 radical (unpaired) electrons. The highest BCUT2D eigenvalue weighted by molar-refractivity contribution is 6.31. The van der Waals surface area contributed by atoms with Crippen LogP contribution in [-0.2, 0) is 4.79 Å². The lowest BCUT2D eigenvalue weighted by Gasteiger charge is -2.18. The summed E-state index contributed by atoms with van der Waals surface area (Å²) in [4.78, 5) is 12.2. The molecule has 1 amide bonds. The first-order valence-corrected chi connectivity index (χ1v) is 7.40. The smallest absolute Gasteiger partial charge is 0.254 e. The maximum absolute atomic E-state index is 13.1. The van der Waals surface area contributed by atoms with Gasteiger partial charge in [-0.15, -0.1) is 0 Å². The predicted molar refractivity (Wildman–Crippen MR) is 76.6 cm³/mol. The van der Waals surface area contributed by atoms with E-state index in [4.69, 9.17) is 23.4 Å². The third kappa shape index (κ3) is 2.65. The van der Waals surface area contributed by atoms with Crippen molar-refractivity contribution in [1.82, 2.24) is 9.74 Å². The largest absolute Gasteiger partial charge is 0.303 e. The van der Waals surface area contributed by atoms with E-state index in [2.05, 4.69) is 5.32 Å². The van der Waals surface area contributed by atoms with Crippen molar-refractivity contribution >= 4 is 29.3 Å². The van der Waals surface area contributed by atoms with Crippen LogP contribution in [0.4, 0.5) is 4.39 Å². The molecule has 4 atom stereocenters. The van der Waals surface area contributed by atoms with Crippen molar-refractivity contribution in [1.29, 1.82) is 0 Å². The first-order chi connectivity index (χ1) is 9.58. The van der Waals surface area contributed by atoms with Crippen LogP contribution in [0.15, 0.2) is 24.3 Å². The number of hydrogen-bond acceptors (Lipinski definition) is 2. The second kappa shape index (κ2) is 5.51. The Morgan fingerprint density at radius 2 is 2.10 bits per heavy atom. The SMILES string of the molecule is O=C([C@@H]1C[C@@H](F)CN1)N(Cl)C1CC1c1ccccc1Cl. The minimum absolute atomic E-state index is 0.0514. The lowest BCUT2D eigenvalue weighted by atomic mass is 10.1. The number of nitrogens with one attached hydrogen (secondary N) is 1. The van der Waals surface area contributed by atoms with Gasteiger partial charge in [0.05, 0.1) is 12.1 Å². The third-order valence-electron chi connectivity index (χ3n) is 3.94. The Balaban J connectivity index is 1.64. The standard InChI is InChI=1S/C14H15Cl2FN2O/c15-11-4-2-1-3-9(11)10-6-13(10)19(16)14(20)12-5-8(17)7-18-12/h1-4,8,10,12-13,18H,5-7H2/t8-,10?,12+,13?/m1/s1. The Labute approximate surface area is 127 Å². The zero-order chi connectivity index (χ0) is 14.3. The number of nitrogens with zero attached hydrogens (tertiary/aromatic N) is 1. The molecule has 3 rings (SSSR count). The number of amides is 1. The Morgan fingerprint density at radius 1 is 1.35 bits per heavy atom. The van der Waals surface area contributed by atoms with E-state index in [9.17, 15) is 9.18 Å². The van der Waals surface area contributed by atoms with Gasteiger partial charge in [-0.25, -0.2) is 8.81 Å². The van der Waals surface area contributed by atoms with Gasteiger partial charge in [0.2, 0.25) is 0 Å². The van der Waals surface area contributed by atoms with Crippen LogP contribution in [0.5, 0.6) is 0 Å². The molecule has 0 spiro atoms. The van der Waals surface area contributed by atoms with Crippen LogP contribution in [0.1, 0.15) is 24.3 Å². The van der Waals surface area contributed by atoms with Crippen molar-refractivity contribution in [3.63, 3.8) is 0 Å². The molecule has 2 aliphatic rings. The van der Waals surface area contributed by atoms with E-state index in [0.717, 1.165) is 12.0 Å². The van der Waals surface area contributed by atoms with Gasteiger partial charge in [0.25, 0.3) is 5.91 Å². The average Bonchev–Trinajstić information content (AvgIpc) is 3.11. The molecule has 6 heteroatoms. The van der Waals surface area contributed by atoms with E-state index in [1.165, 1.54) is 4.42 Å². The van der Waals surface area contributed by atoms with Crippen molar-refractivity contribution in [2.75, 3.05) is 6.54 Å². The van der Waals surface area contributed by atoms with Crippen LogP contribution in [-0.4, -0.2) is 35.1 Å². The number of carbonyl (C=O) groups is 1. The van der Waals surface area contributed by atoms with Gasteiger partial charge in [0, 0.05) is 35.7 Å². The second-order valence-electron chi connectivity index (χ2n) is 5.37. The summed E-state index contributed by atoms with van der Waals surface area (Å²) in [6.45, 7) is 0.222. The van der Waals surface area contributed by atoms with Gasteiger partial charge in [-0.1, -0.05) is 29.8 Å². The summed E-state index contributed by atoms with van der Waals surface area (Å²) in [5, 5.41) is 3.55. The number of benzene rings is 1. The van der Waals surface area contributed by atoms with E-state index in [0.29, 0.717) is 5.02 Å². The summed E-state index contributed by atoms with van der Waals surface area (Å²) in [5.74, 6) is -0.0703. The fourth-order valence-corrected chi connectivity index (χ4v) is 3.34. The van der Waals surface area contributed by atoms with E-state index in [1.54, 1.807) is 0 Å². The molecule has 108 valence electrons. The topological polar surface area (TPSA) is 32.3 Å². The third-order valence-corrected chi connectivity index (χ3v) is 4.70. The molecule has 1 saturated heterocycles. The Morgan fingerprint density at radius 3 is 2.75 bits per heavy atom. The van der Waals surface area contributed by atoms with Crippen LogP contribution in [0, 0.1) is 0 Å². The zero-order valence-corrected chi connectivity index (χ0v) is 12.2. The summed E-state index contributed by atoms with van der Waals surface area (Å²) in [6, 6.07) is 7.02. The molecule has 1 aromatic carbocycles. The van der Waals surface area contributed by atoms with Gasteiger partial charge < -0.3 is 5.32 Å². The normalized spacial score (nSPS) is 32.1. The van der Waals surface area contributed by atoms with Gasteiger partial charge >= 0.3 is 0 Å². The fourth-order valence-electron chi connectivity index (χ4n) is 2.74. The maximum Gasteiger partial charge on any atom is 0.254 e. The summed E-state index contributed by atoms with van der Waals surface area (Å²) < 4.78 is 14.3. The molecular formula is C14H15Cl2FN2O. The summed E-state index contributed by atoms with van der Waals surface area (Å²) in [5.41, 5.74) is 1.01. The summed E-state index contributed by atoms with van der Waals surface area (Å²) in [7, 11) is 0. The maximum atomic E-state index is 13.1. The number of alkyl halides is 1. The van der Waals surface area contributed by atoms with Crippen LogP contribution in [0.2, 0.25) is 5.02 Å². The predicted octanol–water partition coefficient (Wildman–Crippen LogP) is 2.88. The van der Waals surface area contributed by atoms with Gasteiger partial charge in [-0.05, 0) is 18.1 Å². The lowest BCUT2D eigenvalue weighted by molar-refractivity contribution is -0.128. The highest BCUT2D eigenvalue weighted by Crippen LogP contribution is 2.47. The molecular weight excluding hydrogens is 302 g/mol. The van der Waals surface area contributed by atoms with Gasteiger partial charge in [0.1, 0.15) is 6.17 Å². The molecule has 1 aromatic rings. The first-order valence-electron chi connectivity index (χ1n) is 6.68. The van der Waals surface area contributed by atoms with Crippen molar-refractivity contribution in [2.45, 2.75) is 37.0 Å². The number of carbonyl (C=O) groups excluding carboxylic acids is 1. The second-order valence-corrected chi connectivity index (χ2v) is 6.15. The van der Waals surface area contributed by atoms with Crippen molar-refractivity contribution in [3.8, 4) is 0 Å². The zero-order valence-electron chi connectivity index (χ0n) is 10.7. The number of rotatable bonds is 3. The summed E-state index contributed by atoms with van der Waals surface area (Å²) >= 11 is 12.3. The molecule has 2 unspecified atom stereocenters. The molecule has 0 aromatic heterocycles. The van der Waals surface area contributed by atoms with Crippen molar-refractivity contribution in [3.05, 3.63) is 34.9 Å². The summed E-state index contributed by atoms with van der Waals surface area (Å²) in [6.07, 6.45) is 0.0311. The van der Waals surface area contributed by atoms with Crippen LogP contribution in [0.25, 0.3) is 0 Å². The number of halogens is 3. The van der Waals surface area contributed by atoms with E-state index < -0.39 is 12.2 Å². The van der Waals surface area contributed by atoms with Crippen LogP contribution >= 0.6 is 23.4 Å². The highest BCUT2D eigenvalue weighted by Gasteiger charge is 2.47. The first kappa shape index (κ1) is 14.1. The average molecular weight is 317 g/mol. The minimum Gasteiger partial charge on any atom is -0.303 e. The Hall–Kier alpha value is -0.840. The van der Waals surface area contributed by atoms with E-state index >= 15 is 0 Å².